The number of hydrogen-bond acceptors (Lipinski definition) is 2. The Balaban J connectivity index is 2.70. The van der Waals surface area contributed by atoms with Crippen molar-refractivity contribution in [3.05, 3.63) is 35.4 Å². The smallest absolute Gasteiger partial charge is 0.0236 e. The SMILES string of the molecule is CC(C)NCc1ccccc1CN(C)C(C)C. The third-order valence-corrected chi connectivity index (χ3v) is 3.12. The van der Waals surface area contributed by atoms with Gasteiger partial charge in [-0.1, -0.05) is 38.1 Å². The fourth-order valence-corrected chi connectivity index (χ4v) is 1.65. The van der Waals surface area contributed by atoms with Crippen LogP contribution in [0.2, 0.25) is 0 Å². The molecule has 0 unspecified atom stereocenters. The Bertz CT molecular complexity index is 331. The summed E-state index contributed by atoms with van der Waals surface area (Å²) in [6, 6.07) is 9.82. The second kappa shape index (κ2) is 6.77. The van der Waals surface area contributed by atoms with Crippen molar-refractivity contribution in [2.24, 2.45) is 0 Å². The highest BCUT2D eigenvalue weighted by Gasteiger charge is 2.07. The molecule has 17 heavy (non-hydrogen) atoms. The first kappa shape index (κ1) is 14.2. The van der Waals surface area contributed by atoms with Crippen LogP contribution in [0.15, 0.2) is 24.3 Å². The maximum atomic E-state index is 3.49. The minimum Gasteiger partial charge on any atom is -0.310 e. The average molecular weight is 234 g/mol. The Morgan fingerprint density at radius 3 is 2.18 bits per heavy atom. The highest BCUT2D eigenvalue weighted by atomic mass is 15.1. The largest absolute Gasteiger partial charge is 0.310 e. The Morgan fingerprint density at radius 2 is 1.65 bits per heavy atom. The van der Waals surface area contributed by atoms with Gasteiger partial charge in [-0.2, -0.15) is 0 Å². The van der Waals surface area contributed by atoms with E-state index < -0.39 is 0 Å². The molecule has 2 heteroatoms. The van der Waals surface area contributed by atoms with Crippen molar-refractivity contribution in [1.82, 2.24) is 10.2 Å². The lowest BCUT2D eigenvalue weighted by Crippen LogP contribution is -2.27. The fourth-order valence-electron chi connectivity index (χ4n) is 1.65. The van der Waals surface area contributed by atoms with Gasteiger partial charge < -0.3 is 5.32 Å². The Hall–Kier alpha value is -0.860. The van der Waals surface area contributed by atoms with Crippen molar-refractivity contribution in [3.8, 4) is 0 Å². The van der Waals surface area contributed by atoms with Crippen molar-refractivity contribution in [2.75, 3.05) is 7.05 Å². The third kappa shape index (κ3) is 4.88. The molecule has 96 valence electrons. The minimum atomic E-state index is 0.533. The van der Waals surface area contributed by atoms with Gasteiger partial charge in [0.25, 0.3) is 0 Å². The van der Waals surface area contributed by atoms with Crippen LogP contribution in [0.4, 0.5) is 0 Å². The van der Waals surface area contributed by atoms with Gasteiger partial charge in [0.1, 0.15) is 0 Å². The summed E-state index contributed by atoms with van der Waals surface area (Å²) in [5.41, 5.74) is 2.84. The molecule has 0 fully saturated rings. The van der Waals surface area contributed by atoms with Crippen LogP contribution in [0.1, 0.15) is 38.8 Å². The molecule has 0 amide bonds. The van der Waals surface area contributed by atoms with Gasteiger partial charge in [-0.25, -0.2) is 0 Å². The molecule has 0 atom stereocenters. The summed E-state index contributed by atoms with van der Waals surface area (Å²) in [6.45, 7) is 10.8. The first-order valence-electron chi connectivity index (χ1n) is 6.51. The molecule has 0 aliphatic carbocycles. The highest BCUT2D eigenvalue weighted by Crippen LogP contribution is 2.12. The Morgan fingerprint density at radius 1 is 1.06 bits per heavy atom. The van der Waals surface area contributed by atoms with E-state index in [0.717, 1.165) is 13.1 Å². The zero-order chi connectivity index (χ0) is 12.8. The van der Waals surface area contributed by atoms with Gasteiger partial charge in [0.05, 0.1) is 0 Å². The molecule has 0 bridgehead atoms. The van der Waals surface area contributed by atoms with E-state index in [4.69, 9.17) is 0 Å². The van der Waals surface area contributed by atoms with Gasteiger partial charge in [0.2, 0.25) is 0 Å². The molecule has 1 aromatic carbocycles. The molecule has 0 spiro atoms. The normalized spacial score (nSPS) is 11.8. The zero-order valence-electron chi connectivity index (χ0n) is 11.8. The summed E-state index contributed by atoms with van der Waals surface area (Å²) >= 11 is 0. The minimum absolute atomic E-state index is 0.533. The average Bonchev–Trinajstić information content (AvgIpc) is 2.27. The summed E-state index contributed by atoms with van der Waals surface area (Å²) < 4.78 is 0. The molecule has 1 aromatic rings. The lowest BCUT2D eigenvalue weighted by atomic mass is 10.1. The molecule has 2 nitrogen and oxygen atoms in total. The third-order valence-electron chi connectivity index (χ3n) is 3.12. The first-order chi connectivity index (χ1) is 8.00. The summed E-state index contributed by atoms with van der Waals surface area (Å²) in [4.78, 5) is 2.37. The maximum absolute atomic E-state index is 3.49. The van der Waals surface area contributed by atoms with Crippen LogP contribution in [0.25, 0.3) is 0 Å². The standard InChI is InChI=1S/C15H26N2/c1-12(2)16-10-14-8-6-7-9-15(14)11-17(5)13(3)4/h6-9,12-13,16H,10-11H2,1-5H3. The molecule has 1 rings (SSSR count). The predicted octanol–water partition coefficient (Wildman–Crippen LogP) is 3.02. The maximum Gasteiger partial charge on any atom is 0.0236 e. The summed E-state index contributed by atoms with van der Waals surface area (Å²) in [5, 5.41) is 3.49. The van der Waals surface area contributed by atoms with E-state index in [1.165, 1.54) is 11.1 Å². The predicted molar refractivity (Wildman–Crippen MR) is 75.0 cm³/mol. The van der Waals surface area contributed by atoms with Crippen molar-refractivity contribution >= 4 is 0 Å². The molecule has 1 N–H and O–H groups in total. The van der Waals surface area contributed by atoms with Crippen LogP contribution in [-0.2, 0) is 13.1 Å². The van der Waals surface area contributed by atoms with Crippen LogP contribution in [-0.4, -0.2) is 24.0 Å². The van der Waals surface area contributed by atoms with E-state index in [9.17, 15) is 0 Å². The quantitative estimate of drug-likeness (QED) is 0.814. The van der Waals surface area contributed by atoms with Gasteiger partial charge in [0, 0.05) is 25.2 Å². The molecule has 0 saturated carbocycles. The second-order valence-electron chi connectivity index (χ2n) is 5.31. The Labute approximate surface area is 106 Å². The zero-order valence-corrected chi connectivity index (χ0v) is 11.8. The molecule has 0 aliphatic heterocycles. The van der Waals surface area contributed by atoms with Gasteiger partial charge in [-0.3, -0.25) is 4.90 Å². The van der Waals surface area contributed by atoms with Gasteiger partial charge in [-0.05, 0) is 32.0 Å². The van der Waals surface area contributed by atoms with Gasteiger partial charge in [-0.15, -0.1) is 0 Å². The van der Waals surface area contributed by atoms with E-state index >= 15 is 0 Å². The van der Waals surface area contributed by atoms with Crippen LogP contribution in [0, 0.1) is 0 Å². The monoisotopic (exact) mass is 234 g/mol. The number of nitrogens with one attached hydrogen (secondary N) is 1. The second-order valence-corrected chi connectivity index (χ2v) is 5.31. The van der Waals surface area contributed by atoms with Crippen LogP contribution < -0.4 is 5.32 Å². The number of rotatable bonds is 6. The summed E-state index contributed by atoms with van der Waals surface area (Å²) in [5.74, 6) is 0. The highest BCUT2D eigenvalue weighted by molar-refractivity contribution is 5.27. The Kier molecular flexibility index (Phi) is 5.66. The van der Waals surface area contributed by atoms with Crippen LogP contribution >= 0.6 is 0 Å². The van der Waals surface area contributed by atoms with Crippen molar-refractivity contribution in [3.63, 3.8) is 0 Å². The van der Waals surface area contributed by atoms with E-state index in [2.05, 4.69) is 69.2 Å². The van der Waals surface area contributed by atoms with Gasteiger partial charge >= 0.3 is 0 Å². The van der Waals surface area contributed by atoms with Crippen molar-refractivity contribution in [2.45, 2.75) is 52.9 Å². The molecule has 0 radical (unpaired) electrons. The lowest BCUT2D eigenvalue weighted by molar-refractivity contribution is 0.265. The molecule has 0 aliphatic rings. The molecule has 0 heterocycles. The molecule has 0 aromatic heterocycles. The number of nitrogens with zero attached hydrogens (tertiary/aromatic N) is 1. The van der Waals surface area contributed by atoms with Crippen molar-refractivity contribution in [1.29, 1.82) is 0 Å². The molecular weight excluding hydrogens is 208 g/mol. The van der Waals surface area contributed by atoms with E-state index in [-0.39, 0.29) is 0 Å². The molecular formula is C15H26N2. The fraction of sp³-hybridized carbons (Fsp3) is 0.600. The van der Waals surface area contributed by atoms with E-state index in [0.29, 0.717) is 12.1 Å². The summed E-state index contributed by atoms with van der Waals surface area (Å²) in [7, 11) is 2.18. The van der Waals surface area contributed by atoms with Crippen molar-refractivity contribution < 1.29 is 0 Å². The molecule has 0 saturated heterocycles. The topological polar surface area (TPSA) is 15.3 Å². The first-order valence-corrected chi connectivity index (χ1v) is 6.51. The van der Waals surface area contributed by atoms with E-state index in [1.54, 1.807) is 0 Å². The number of hydrogen-bond donors (Lipinski definition) is 1. The summed E-state index contributed by atoms with van der Waals surface area (Å²) in [6.07, 6.45) is 0. The van der Waals surface area contributed by atoms with Gasteiger partial charge in [0.15, 0.2) is 0 Å². The van der Waals surface area contributed by atoms with E-state index in [1.807, 2.05) is 0 Å². The van der Waals surface area contributed by atoms with Crippen LogP contribution in [0.5, 0.6) is 0 Å². The lowest BCUT2D eigenvalue weighted by Gasteiger charge is -2.23. The number of benzene rings is 1. The van der Waals surface area contributed by atoms with Crippen LogP contribution in [0.3, 0.4) is 0 Å².